The van der Waals surface area contributed by atoms with Crippen LogP contribution in [0.5, 0.6) is 0 Å². The molecule has 0 saturated carbocycles. The van der Waals surface area contributed by atoms with Gasteiger partial charge in [-0.25, -0.2) is 8.78 Å². The van der Waals surface area contributed by atoms with E-state index >= 15 is 0 Å². The lowest BCUT2D eigenvalue weighted by Crippen LogP contribution is -2.34. The number of hydrogen-bond donors (Lipinski definition) is 1. The van der Waals surface area contributed by atoms with Gasteiger partial charge in [0, 0.05) is 31.1 Å². The average molecular weight is 358 g/mol. The van der Waals surface area contributed by atoms with E-state index in [1.807, 2.05) is 17.0 Å². The van der Waals surface area contributed by atoms with Crippen molar-refractivity contribution in [2.45, 2.75) is 45.3 Å². The minimum absolute atomic E-state index is 0.116. The molecule has 3 nitrogen and oxygen atoms in total. The molecule has 2 aromatic rings. The molecule has 0 aliphatic carbocycles. The molecule has 1 atom stereocenters. The normalized spacial score (nSPS) is 17.1. The van der Waals surface area contributed by atoms with E-state index < -0.39 is 0 Å². The zero-order chi connectivity index (χ0) is 18.5. The van der Waals surface area contributed by atoms with Crippen molar-refractivity contribution in [2.24, 2.45) is 0 Å². The van der Waals surface area contributed by atoms with E-state index in [2.05, 4.69) is 5.32 Å². The molecule has 138 valence electrons. The van der Waals surface area contributed by atoms with Crippen LogP contribution < -0.4 is 5.32 Å². The van der Waals surface area contributed by atoms with E-state index in [9.17, 15) is 13.6 Å². The first-order chi connectivity index (χ1) is 12.5. The van der Waals surface area contributed by atoms with Crippen LogP contribution in [-0.4, -0.2) is 23.4 Å². The summed E-state index contributed by atoms with van der Waals surface area (Å²) in [6.07, 6.45) is 2.15. The summed E-state index contributed by atoms with van der Waals surface area (Å²) >= 11 is 0. The van der Waals surface area contributed by atoms with E-state index in [1.165, 1.54) is 12.1 Å². The maximum Gasteiger partial charge on any atom is 0.223 e. The Morgan fingerprint density at radius 1 is 1.15 bits per heavy atom. The summed E-state index contributed by atoms with van der Waals surface area (Å²) in [6.45, 7) is 3.33. The SMILES string of the molecule is Cc1ccc(CN2C(=O)CCC2CCNCc2ccccc2F)cc1F. The summed E-state index contributed by atoms with van der Waals surface area (Å²) in [6, 6.07) is 12.0. The molecule has 1 unspecified atom stereocenters. The summed E-state index contributed by atoms with van der Waals surface area (Å²) in [7, 11) is 0. The van der Waals surface area contributed by atoms with Gasteiger partial charge in [-0.3, -0.25) is 4.79 Å². The van der Waals surface area contributed by atoms with Gasteiger partial charge in [0.1, 0.15) is 11.6 Å². The van der Waals surface area contributed by atoms with Crippen molar-refractivity contribution in [2.75, 3.05) is 6.54 Å². The highest BCUT2D eigenvalue weighted by molar-refractivity contribution is 5.78. The number of likely N-dealkylation sites (tertiary alicyclic amines) is 1. The molecule has 1 heterocycles. The third-order valence-electron chi connectivity index (χ3n) is 4.97. The van der Waals surface area contributed by atoms with Crippen LogP contribution in [0.3, 0.4) is 0 Å². The van der Waals surface area contributed by atoms with Crippen molar-refractivity contribution >= 4 is 5.91 Å². The quantitative estimate of drug-likeness (QED) is 0.760. The number of benzene rings is 2. The smallest absolute Gasteiger partial charge is 0.223 e. The molecule has 0 radical (unpaired) electrons. The largest absolute Gasteiger partial charge is 0.335 e. The molecule has 0 bridgehead atoms. The minimum atomic E-state index is -0.239. The van der Waals surface area contributed by atoms with Crippen molar-refractivity contribution in [3.63, 3.8) is 0 Å². The monoisotopic (exact) mass is 358 g/mol. The van der Waals surface area contributed by atoms with Crippen LogP contribution in [0, 0.1) is 18.6 Å². The number of halogens is 2. The van der Waals surface area contributed by atoms with Crippen LogP contribution in [0.2, 0.25) is 0 Å². The highest BCUT2D eigenvalue weighted by Crippen LogP contribution is 2.24. The van der Waals surface area contributed by atoms with E-state index in [-0.39, 0.29) is 23.6 Å². The van der Waals surface area contributed by atoms with Crippen LogP contribution in [0.4, 0.5) is 8.78 Å². The molecule has 0 spiro atoms. The maximum absolute atomic E-state index is 13.7. The Kier molecular flexibility index (Phi) is 5.99. The maximum atomic E-state index is 13.7. The Labute approximate surface area is 153 Å². The van der Waals surface area contributed by atoms with Crippen molar-refractivity contribution < 1.29 is 13.6 Å². The molecule has 1 amide bonds. The summed E-state index contributed by atoms with van der Waals surface area (Å²) in [5.74, 6) is -0.332. The third kappa shape index (κ3) is 4.47. The van der Waals surface area contributed by atoms with E-state index in [4.69, 9.17) is 0 Å². The van der Waals surface area contributed by atoms with Crippen LogP contribution in [0.1, 0.15) is 36.0 Å². The second-order valence-electron chi connectivity index (χ2n) is 6.85. The Morgan fingerprint density at radius 3 is 2.73 bits per heavy atom. The number of hydrogen-bond acceptors (Lipinski definition) is 2. The Balaban J connectivity index is 1.52. The number of rotatable bonds is 7. The fourth-order valence-electron chi connectivity index (χ4n) is 3.38. The average Bonchev–Trinajstić information content (AvgIpc) is 2.96. The minimum Gasteiger partial charge on any atom is -0.335 e. The number of nitrogens with zero attached hydrogens (tertiary/aromatic N) is 1. The second-order valence-corrected chi connectivity index (χ2v) is 6.85. The first-order valence-electron chi connectivity index (χ1n) is 9.03. The lowest BCUT2D eigenvalue weighted by Gasteiger charge is -2.25. The van der Waals surface area contributed by atoms with Crippen LogP contribution >= 0.6 is 0 Å². The summed E-state index contributed by atoms with van der Waals surface area (Å²) in [5.41, 5.74) is 2.06. The van der Waals surface area contributed by atoms with Gasteiger partial charge in [0.15, 0.2) is 0 Å². The summed E-state index contributed by atoms with van der Waals surface area (Å²) in [4.78, 5) is 14.0. The fourth-order valence-corrected chi connectivity index (χ4v) is 3.38. The zero-order valence-electron chi connectivity index (χ0n) is 15.0. The molecule has 26 heavy (non-hydrogen) atoms. The van der Waals surface area contributed by atoms with Gasteiger partial charge in [0.2, 0.25) is 5.91 Å². The van der Waals surface area contributed by atoms with Gasteiger partial charge in [0.05, 0.1) is 0 Å². The predicted octanol–water partition coefficient (Wildman–Crippen LogP) is 3.94. The topological polar surface area (TPSA) is 32.3 Å². The predicted molar refractivity (Wildman–Crippen MR) is 97.4 cm³/mol. The standard InChI is InChI=1S/C21H24F2N2O/c1-15-6-7-16(12-20(15)23)14-25-18(8-9-21(25)26)10-11-24-13-17-4-2-3-5-19(17)22/h2-7,12,18,24H,8-11,13-14H2,1H3. The molecule has 0 aromatic heterocycles. The van der Waals surface area contributed by atoms with Gasteiger partial charge in [-0.2, -0.15) is 0 Å². The molecular weight excluding hydrogens is 334 g/mol. The fraction of sp³-hybridized carbons (Fsp3) is 0.381. The summed E-state index contributed by atoms with van der Waals surface area (Å²) < 4.78 is 27.4. The number of amides is 1. The lowest BCUT2D eigenvalue weighted by molar-refractivity contribution is -0.129. The third-order valence-corrected chi connectivity index (χ3v) is 4.97. The molecule has 1 aliphatic rings. The van der Waals surface area contributed by atoms with E-state index in [0.717, 1.165) is 18.4 Å². The van der Waals surface area contributed by atoms with Gasteiger partial charge in [-0.15, -0.1) is 0 Å². The molecule has 1 aliphatic heterocycles. The lowest BCUT2D eigenvalue weighted by atomic mass is 10.1. The first kappa shape index (κ1) is 18.5. The molecular formula is C21H24F2N2O. The molecule has 1 saturated heterocycles. The van der Waals surface area contributed by atoms with Gasteiger partial charge < -0.3 is 10.2 Å². The molecule has 1 N–H and O–H groups in total. The number of carbonyl (C=O) groups excluding carboxylic acids is 1. The Hall–Kier alpha value is -2.27. The summed E-state index contributed by atoms with van der Waals surface area (Å²) in [5, 5.41) is 3.25. The molecule has 2 aromatic carbocycles. The molecule has 1 fully saturated rings. The Morgan fingerprint density at radius 2 is 1.96 bits per heavy atom. The first-order valence-corrected chi connectivity index (χ1v) is 9.03. The highest BCUT2D eigenvalue weighted by atomic mass is 19.1. The Bertz CT molecular complexity index is 778. The van der Waals surface area contributed by atoms with Crippen molar-refractivity contribution in [3.05, 3.63) is 70.8 Å². The van der Waals surface area contributed by atoms with Crippen molar-refractivity contribution in [1.82, 2.24) is 10.2 Å². The number of aryl methyl sites for hydroxylation is 1. The zero-order valence-corrected chi connectivity index (χ0v) is 15.0. The highest BCUT2D eigenvalue weighted by Gasteiger charge is 2.30. The van der Waals surface area contributed by atoms with Gasteiger partial charge >= 0.3 is 0 Å². The number of carbonyl (C=O) groups is 1. The van der Waals surface area contributed by atoms with Crippen LogP contribution in [-0.2, 0) is 17.9 Å². The van der Waals surface area contributed by atoms with Crippen molar-refractivity contribution in [3.8, 4) is 0 Å². The van der Waals surface area contributed by atoms with Crippen LogP contribution in [0.15, 0.2) is 42.5 Å². The van der Waals surface area contributed by atoms with Gasteiger partial charge in [-0.1, -0.05) is 30.3 Å². The van der Waals surface area contributed by atoms with Gasteiger partial charge in [0.25, 0.3) is 0 Å². The molecule has 3 rings (SSSR count). The van der Waals surface area contributed by atoms with Crippen LogP contribution in [0.25, 0.3) is 0 Å². The second kappa shape index (κ2) is 8.41. The van der Waals surface area contributed by atoms with Gasteiger partial charge in [-0.05, 0) is 49.6 Å². The number of nitrogens with one attached hydrogen (secondary N) is 1. The van der Waals surface area contributed by atoms with Crippen molar-refractivity contribution in [1.29, 1.82) is 0 Å². The van der Waals surface area contributed by atoms with E-state index in [0.29, 0.717) is 37.2 Å². The van der Waals surface area contributed by atoms with E-state index in [1.54, 1.807) is 25.1 Å². The molecule has 5 heteroatoms.